The number of rotatable bonds is 9. The van der Waals surface area contributed by atoms with E-state index in [2.05, 4.69) is 22.1 Å². The van der Waals surface area contributed by atoms with Crippen LogP contribution in [0, 0.1) is 13.8 Å². The lowest BCUT2D eigenvalue weighted by atomic mass is 10.2. The zero-order valence-corrected chi connectivity index (χ0v) is 18.5. The average Bonchev–Trinajstić information content (AvgIpc) is 3.08. The minimum atomic E-state index is -0.103. The molecule has 0 atom stereocenters. The second-order valence-corrected chi connectivity index (χ2v) is 8.08. The van der Waals surface area contributed by atoms with Crippen LogP contribution >= 0.6 is 23.4 Å². The molecule has 156 valence electrons. The predicted molar refractivity (Wildman–Crippen MR) is 121 cm³/mol. The molecule has 0 spiro atoms. The molecule has 0 saturated carbocycles. The molecule has 0 aliphatic carbocycles. The Hall–Kier alpha value is -2.77. The van der Waals surface area contributed by atoms with Crippen LogP contribution < -0.4 is 10.1 Å². The van der Waals surface area contributed by atoms with Gasteiger partial charge >= 0.3 is 0 Å². The molecule has 3 rings (SSSR count). The lowest BCUT2D eigenvalue weighted by Gasteiger charge is -2.11. The Balaban J connectivity index is 1.63. The molecule has 1 N–H and O–H groups in total. The summed E-state index contributed by atoms with van der Waals surface area (Å²) in [6, 6.07) is 13.1. The van der Waals surface area contributed by atoms with Crippen molar-refractivity contribution >= 4 is 35.0 Å². The van der Waals surface area contributed by atoms with Crippen LogP contribution in [0.3, 0.4) is 0 Å². The molecule has 0 unspecified atom stereocenters. The number of thioether (sulfide) groups is 1. The number of aryl methyl sites for hydroxylation is 2. The van der Waals surface area contributed by atoms with Gasteiger partial charge in [-0.05, 0) is 55.3 Å². The zero-order chi connectivity index (χ0) is 21.5. The summed E-state index contributed by atoms with van der Waals surface area (Å²) in [5.74, 6) is 1.51. The van der Waals surface area contributed by atoms with Gasteiger partial charge in [-0.2, -0.15) is 0 Å². The van der Waals surface area contributed by atoms with Crippen molar-refractivity contribution in [2.24, 2.45) is 0 Å². The van der Waals surface area contributed by atoms with Gasteiger partial charge in [-0.15, -0.1) is 16.8 Å². The average molecular weight is 443 g/mol. The van der Waals surface area contributed by atoms with E-state index in [-0.39, 0.29) is 18.3 Å². The van der Waals surface area contributed by atoms with Crippen molar-refractivity contribution in [1.29, 1.82) is 0 Å². The van der Waals surface area contributed by atoms with E-state index in [0.717, 1.165) is 22.6 Å². The van der Waals surface area contributed by atoms with Gasteiger partial charge < -0.3 is 10.1 Å². The first kappa shape index (κ1) is 21.9. The monoisotopic (exact) mass is 442 g/mol. The third kappa shape index (κ3) is 5.87. The van der Waals surface area contributed by atoms with E-state index in [9.17, 15) is 4.79 Å². The number of halogens is 1. The number of benzene rings is 2. The number of carbonyl (C=O) groups is 1. The molecule has 0 radical (unpaired) electrons. The second-order valence-electron chi connectivity index (χ2n) is 6.70. The maximum Gasteiger partial charge on any atom is 0.234 e. The summed E-state index contributed by atoms with van der Waals surface area (Å²) in [5, 5.41) is 12.7. The Kier molecular flexibility index (Phi) is 7.54. The van der Waals surface area contributed by atoms with Crippen LogP contribution in [0.15, 0.2) is 60.3 Å². The predicted octanol–water partition coefficient (Wildman–Crippen LogP) is 5.04. The van der Waals surface area contributed by atoms with E-state index < -0.39 is 0 Å². The molecule has 1 heterocycles. The molecule has 6 nitrogen and oxygen atoms in total. The third-order valence-electron chi connectivity index (χ3n) is 4.23. The van der Waals surface area contributed by atoms with Crippen molar-refractivity contribution in [1.82, 2.24) is 14.8 Å². The van der Waals surface area contributed by atoms with E-state index in [0.29, 0.717) is 22.5 Å². The molecule has 2 aromatic carbocycles. The molecule has 0 saturated heterocycles. The maximum absolute atomic E-state index is 12.3. The molecule has 30 heavy (non-hydrogen) atoms. The van der Waals surface area contributed by atoms with Crippen molar-refractivity contribution < 1.29 is 9.53 Å². The standard InChI is InChI=1S/C22H23ClN4O2S/c1-4-10-27-20(13-29-19-9-8-17(23)12-16(19)3)25-26-22(27)30-14-21(28)24-18-7-5-6-15(2)11-18/h4-9,11-12H,1,10,13-14H2,2-3H3,(H,24,28). The Morgan fingerprint density at radius 1 is 1.27 bits per heavy atom. The number of hydrogen-bond acceptors (Lipinski definition) is 5. The minimum absolute atomic E-state index is 0.103. The van der Waals surface area contributed by atoms with Crippen molar-refractivity contribution in [3.8, 4) is 5.75 Å². The lowest BCUT2D eigenvalue weighted by Crippen LogP contribution is -2.15. The summed E-state index contributed by atoms with van der Waals surface area (Å²) in [7, 11) is 0. The van der Waals surface area contributed by atoms with Crippen molar-refractivity contribution in [2.45, 2.75) is 32.2 Å². The quantitative estimate of drug-likeness (QED) is 0.371. The van der Waals surface area contributed by atoms with Crippen LogP contribution in [0.5, 0.6) is 5.75 Å². The first-order valence-electron chi connectivity index (χ1n) is 9.37. The third-order valence-corrected chi connectivity index (χ3v) is 5.43. The molecule has 3 aromatic rings. The molecule has 8 heteroatoms. The Bertz CT molecular complexity index is 1050. The molecule has 1 amide bonds. The Morgan fingerprint density at radius 3 is 2.83 bits per heavy atom. The van der Waals surface area contributed by atoms with Gasteiger partial charge in [-0.3, -0.25) is 9.36 Å². The van der Waals surface area contributed by atoms with Crippen molar-refractivity contribution in [2.75, 3.05) is 11.1 Å². The van der Waals surface area contributed by atoms with Crippen LogP contribution in [0.2, 0.25) is 5.02 Å². The van der Waals surface area contributed by atoms with Crippen LogP contribution in [0.4, 0.5) is 5.69 Å². The van der Waals surface area contributed by atoms with Crippen LogP contribution in [0.25, 0.3) is 0 Å². The minimum Gasteiger partial charge on any atom is -0.485 e. The Morgan fingerprint density at radius 2 is 2.10 bits per heavy atom. The van der Waals surface area contributed by atoms with Gasteiger partial charge in [-0.25, -0.2) is 0 Å². The number of hydrogen-bond donors (Lipinski definition) is 1. The summed E-state index contributed by atoms with van der Waals surface area (Å²) in [6.45, 7) is 8.49. The maximum atomic E-state index is 12.3. The zero-order valence-electron chi connectivity index (χ0n) is 16.9. The summed E-state index contributed by atoms with van der Waals surface area (Å²) in [4.78, 5) is 12.3. The highest BCUT2D eigenvalue weighted by atomic mass is 35.5. The number of anilines is 1. The lowest BCUT2D eigenvalue weighted by molar-refractivity contribution is -0.113. The van der Waals surface area contributed by atoms with Crippen molar-refractivity contribution in [3.63, 3.8) is 0 Å². The summed E-state index contributed by atoms with van der Waals surface area (Å²) >= 11 is 7.32. The van der Waals surface area contributed by atoms with Gasteiger partial charge in [0.1, 0.15) is 12.4 Å². The molecular weight excluding hydrogens is 420 g/mol. The number of nitrogens with zero attached hydrogens (tertiary/aromatic N) is 3. The van der Waals surface area contributed by atoms with Crippen LogP contribution in [-0.2, 0) is 17.9 Å². The first-order valence-corrected chi connectivity index (χ1v) is 10.7. The van der Waals surface area contributed by atoms with Crippen LogP contribution in [-0.4, -0.2) is 26.4 Å². The Labute approximate surface area is 185 Å². The van der Waals surface area contributed by atoms with E-state index in [1.165, 1.54) is 11.8 Å². The topological polar surface area (TPSA) is 69.0 Å². The smallest absolute Gasteiger partial charge is 0.234 e. The molecule has 0 aliphatic rings. The number of amides is 1. The normalized spacial score (nSPS) is 10.6. The molecule has 0 fully saturated rings. The van der Waals surface area contributed by atoms with Gasteiger partial charge in [0.05, 0.1) is 5.75 Å². The van der Waals surface area contributed by atoms with Gasteiger partial charge in [0.25, 0.3) is 0 Å². The number of aromatic nitrogens is 3. The van der Waals surface area contributed by atoms with Gasteiger partial charge in [0.15, 0.2) is 11.0 Å². The second kappa shape index (κ2) is 10.3. The summed E-state index contributed by atoms with van der Waals surface area (Å²) < 4.78 is 7.78. The largest absolute Gasteiger partial charge is 0.485 e. The van der Waals surface area contributed by atoms with Gasteiger partial charge in [-0.1, -0.05) is 41.6 Å². The highest BCUT2D eigenvalue weighted by Gasteiger charge is 2.15. The number of ether oxygens (including phenoxy) is 1. The summed E-state index contributed by atoms with van der Waals surface area (Å²) in [6.07, 6.45) is 1.76. The molecule has 0 aliphatic heterocycles. The van der Waals surface area contributed by atoms with E-state index in [1.54, 1.807) is 12.1 Å². The fourth-order valence-corrected chi connectivity index (χ4v) is 3.81. The molecular formula is C22H23ClN4O2S. The molecule has 0 bridgehead atoms. The number of nitrogens with one attached hydrogen (secondary N) is 1. The van der Waals surface area contributed by atoms with Gasteiger partial charge in [0.2, 0.25) is 5.91 Å². The summed E-state index contributed by atoms with van der Waals surface area (Å²) in [5.41, 5.74) is 2.81. The highest BCUT2D eigenvalue weighted by Crippen LogP contribution is 2.24. The highest BCUT2D eigenvalue weighted by molar-refractivity contribution is 7.99. The van der Waals surface area contributed by atoms with E-state index in [1.807, 2.05) is 54.8 Å². The SMILES string of the molecule is C=CCn1c(COc2ccc(Cl)cc2C)nnc1SCC(=O)Nc1cccc(C)c1. The van der Waals surface area contributed by atoms with E-state index in [4.69, 9.17) is 16.3 Å². The van der Waals surface area contributed by atoms with Crippen LogP contribution in [0.1, 0.15) is 17.0 Å². The number of allylic oxidation sites excluding steroid dienone is 1. The first-order chi connectivity index (χ1) is 14.5. The fourth-order valence-electron chi connectivity index (χ4n) is 2.81. The van der Waals surface area contributed by atoms with E-state index >= 15 is 0 Å². The fraction of sp³-hybridized carbons (Fsp3) is 0.227. The van der Waals surface area contributed by atoms with Gasteiger partial charge in [0, 0.05) is 17.3 Å². The van der Waals surface area contributed by atoms with Crippen molar-refractivity contribution in [3.05, 3.63) is 77.1 Å². The number of carbonyl (C=O) groups excluding carboxylic acids is 1. The molecule has 1 aromatic heterocycles.